The molecule has 166 valence electrons. The molecule has 0 saturated carbocycles. The highest BCUT2D eigenvalue weighted by Gasteiger charge is 2.36. The second-order valence-electron chi connectivity index (χ2n) is 7.61. The number of aromatic nitrogens is 3. The van der Waals surface area contributed by atoms with Gasteiger partial charge in [-0.2, -0.15) is 13.2 Å². The SMILES string of the molecule is [C-]#[N+]c1cc2nc(N)c3cncn3c2cc1C(=O)N(C)[C@@H]1COc2cc(C(F)(F)F)ccc21. The van der Waals surface area contributed by atoms with Gasteiger partial charge in [0, 0.05) is 18.2 Å². The zero-order valence-corrected chi connectivity index (χ0v) is 17.1. The molecule has 1 aliphatic rings. The molecule has 0 bridgehead atoms. The Morgan fingerprint density at radius 2 is 2.09 bits per heavy atom. The van der Waals surface area contributed by atoms with Crippen LogP contribution in [0.4, 0.5) is 24.7 Å². The third kappa shape index (κ3) is 3.18. The average Bonchev–Trinajstić information content (AvgIpc) is 3.44. The first-order valence-electron chi connectivity index (χ1n) is 9.73. The first kappa shape index (κ1) is 20.6. The Morgan fingerprint density at radius 3 is 2.82 bits per heavy atom. The van der Waals surface area contributed by atoms with Crippen molar-refractivity contribution in [2.75, 3.05) is 19.4 Å². The topological polar surface area (TPSA) is 90.1 Å². The fourth-order valence-electron chi connectivity index (χ4n) is 4.00. The van der Waals surface area contributed by atoms with Crippen LogP contribution in [0.15, 0.2) is 42.9 Å². The maximum absolute atomic E-state index is 13.4. The highest BCUT2D eigenvalue weighted by atomic mass is 19.4. The first-order valence-corrected chi connectivity index (χ1v) is 9.73. The predicted octanol–water partition coefficient (Wildman–Crippen LogP) is 4.24. The Balaban J connectivity index is 1.56. The van der Waals surface area contributed by atoms with Crippen LogP contribution < -0.4 is 10.5 Å². The molecule has 2 aromatic carbocycles. The largest absolute Gasteiger partial charge is 0.491 e. The van der Waals surface area contributed by atoms with Gasteiger partial charge >= 0.3 is 6.18 Å². The summed E-state index contributed by atoms with van der Waals surface area (Å²) in [6.07, 6.45) is -1.42. The summed E-state index contributed by atoms with van der Waals surface area (Å²) in [5.41, 5.74) is 7.34. The Bertz CT molecular complexity index is 1490. The van der Waals surface area contributed by atoms with Crippen LogP contribution >= 0.6 is 0 Å². The van der Waals surface area contributed by atoms with Crippen LogP contribution in [0.1, 0.15) is 27.5 Å². The van der Waals surface area contributed by atoms with Crippen molar-refractivity contribution in [1.82, 2.24) is 19.3 Å². The lowest BCUT2D eigenvalue weighted by molar-refractivity contribution is -0.137. The van der Waals surface area contributed by atoms with E-state index >= 15 is 0 Å². The molecule has 0 spiro atoms. The molecule has 33 heavy (non-hydrogen) atoms. The maximum atomic E-state index is 13.4. The number of nitrogens with two attached hydrogens (primary N) is 1. The number of rotatable bonds is 2. The number of fused-ring (bicyclic) bond motifs is 4. The Labute approximate surface area is 184 Å². The van der Waals surface area contributed by atoms with E-state index in [0.717, 1.165) is 12.1 Å². The van der Waals surface area contributed by atoms with E-state index in [9.17, 15) is 18.0 Å². The number of alkyl halides is 3. The number of ether oxygens (including phenoxy) is 1. The second-order valence-corrected chi connectivity index (χ2v) is 7.61. The molecular formula is C22H15F3N6O2. The van der Waals surface area contributed by atoms with Crippen LogP contribution in [0, 0.1) is 6.57 Å². The second kappa shape index (κ2) is 7.09. The van der Waals surface area contributed by atoms with Gasteiger partial charge in [0.1, 0.15) is 23.7 Å². The summed E-state index contributed by atoms with van der Waals surface area (Å²) < 4.78 is 46.2. The molecule has 0 aliphatic carbocycles. The molecule has 1 amide bonds. The minimum atomic E-state index is -4.50. The maximum Gasteiger partial charge on any atom is 0.416 e. The van der Waals surface area contributed by atoms with E-state index in [4.69, 9.17) is 17.0 Å². The van der Waals surface area contributed by atoms with Crippen molar-refractivity contribution in [2.45, 2.75) is 12.2 Å². The average molecular weight is 452 g/mol. The third-order valence-corrected chi connectivity index (χ3v) is 5.73. The summed E-state index contributed by atoms with van der Waals surface area (Å²) in [6.45, 7) is 7.54. The number of amides is 1. The molecule has 8 nitrogen and oxygen atoms in total. The van der Waals surface area contributed by atoms with Gasteiger partial charge in [-0.05, 0) is 24.3 Å². The van der Waals surface area contributed by atoms with Crippen molar-refractivity contribution in [3.8, 4) is 5.75 Å². The van der Waals surface area contributed by atoms with Gasteiger partial charge in [0.2, 0.25) is 11.6 Å². The van der Waals surface area contributed by atoms with Crippen LogP contribution in [0.2, 0.25) is 0 Å². The van der Waals surface area contributed by atoms with Crippen LogP contribution in [0.5, 0.6) is 5.75 Å². The van der Waals surface area contributed by atoms with Gasteiger partial charge in [-0.25, -0.2) is 14.8 Å². The number of hydrogen-bond donors (Lipinski definition) is 1. The quantitative estimate of drug-likeness (QED) is 0.460. The van der Waals surface area contributed by atoms with E-state index in [2.05, 4.69) is 14.8 Å². The van der Waals surface area contributed by atoms with E-state index < -0.39 is 23.7 Å². The molecule has 11 heteroatoms. The van der Waals surface area contributed by atoms with Crippen LogP contribution in [-0.2, 0) is 6.18 Å². The molecule has 3 heterocycles. The van der Waals surface area contributed by atoms with Crippen LogP contribution in [0.3, 0.4) is 0 Å². The molecule has 0 fully saturated rings. The minimum absolute atomic E-state index is 0.00364. The molecule has 5 rings (SSSR count). The van der Waals surface area contributed by atoms with Crippen molar-refractivity contribution in [1.29, 1.82) is 0 Å². The molecule has 2 N–H and O–H groups in total. The zero-order valence-electron chi connectivity index (χ0n) is 17.1. The zero-order chi connectivity index (χ0) is 23.5. The minimum Gasteiger partial charge on any atom is -0.491 e. The van der Waals surface area contributed by atoms with Gasteiger partial charge in [-0.15, -0.1) is 0 Å². The fourth-order valence-corrected chi connectivity index (χ4v) is 4.00. The molecule has 0 radical (unpaired) electrons. The van der Waals surface area contributed by atoms with E-state index in [1.807, 2.05) is 0 Å². The van der Waals surface area contributed by atoms with Crippen molar-refractivity contribution >= 4 is 34.0 Å². The van der Waals surface area contributed by atoms with Gasteiger partial charge in [0.05, 0.1) is 41.7 Å². The number of carbonyl (C=O) groups is 1. The predicted molar refractivity (Wildman–Crippen MR) is 113 cm³/mol. The molecule has 2 aromatic heterocycles. The number of imidazole rings is 1. The Kier molecular flexibility index (Phi) is 4.42. The Hall–Kier alpha value is -4.33. The number of hydrogen-bond acceptors (Lipinski definition) is 5. The van der Waals surface area contributed by atoms with E-state index in [-0.39, 0.29) is 29.4 Å². The Morgan fingerprint density at radius 1 is 1.30 bits per heavy atom. The lowest BCUT2D eigenvalue weighted by atomic mass is 10.0. The highest BCUT2D eigenvalue weighted by Crippen LogP contribution is 2.41. The summed E-state index contributed by atoms with van der Waals surface area (Å²) >= 11 is 0. The summed E-state index contributed by atoms with van der Waals surface area (Å²) in [5, 5.41) is 0. The monoisotopic (exact) mass is 452 g/mol. The lowest BCUT2D eigenvalue weighted by Crippen LogP contribution is -2.32. The van der Waals surface area contributed by atoms with Crippen molar-refractivity contribution in [3.05, 3.63) is 71.0 Å². The number of carbonyl (C=O) groups excluding carboxylic acids is 1. The standard InChI is InChI=1S/C22H15F3N6O2/c1-27-14-7-15-16(31-10-28-8-17(31)20(26)29-15)6-13(14)21(32)30(2)18-9-33-19-5-11(22(23,24)25)3-4-12(18)19/h3-8,10,18H,9H2,2H3,(H2,26,29)/t18-/m1/s1. The summed E-state index contributed by atoms with van der Waals surface area (Å²) in [4.78, 5) is 26.6. The third-order valence-electron chi connectivity index (χ3n) is 5.73. The van der Waals surface area contributed by atoms with Crippen LogP contribution in [0.25, 0.3) is 21.4 Å². The van der Waals surface area contributed by atoms with Crippen molar-refractivity contribution in [3.63, 3.8) is 0 Å². The fraction of sp³-hybridized carbons (Fsp3) is 0.182. The van der Waals surface area contributed by atoms with Gasteiger partial charge in [-0.1, -0.05) is 6.07 Å². The number of nitrogens with zero attached hydrogens (tertiary/aromatic N) is 5. The van der Waals surface area contributed by atoms with Gasteiger partial charge < -0.3 is 15.4 Å². The van der Waals surface area contributed by atoms with E-state index in [0.29, 0.717) is 22.1 Å². The van der Waals surface area contributed by atoms with E-state index in [1.165, 1.54) is 30.4 Å². The summed E-state index contributed by atoms with van der Waals surface area (Å²) in [7, 11) is 1.52. The van der Waals surface area contributed by atoms with Gasteiger partial charge in [-0.3, -0.25) is 9.20 Å². The number of likely N-dealkylation sites (N-methyl/N-ethyl adjacent to an activating group) is 1. The number of halogens is 3. The van der Waals surface area contributed by atoms with Crippen molar-refractivity contribution < 1.29 is 22.7 Å². The summed E-state index contributed by atoms with van der Waals surface area (Å²) in [6, 6.07) is 5.63. The number of anilines is 1. The molecule has 1 aliphatic heterocycles. The highest BCUT2D eigenvalue weighted by molar-refractivity contribution is 6.04. The first-order chi connectivity index (χ1) is 15.7. The lowest BCUT2D eigenvalue weighted by Gasteiger charge is -2.24. The molecule has 4 aromatic rings. The molecular weight excluding hydrogens is 437 g/mol. The van der Waals surface area contributed by atoms with E-state index in [1.54, 1.807) is 16.7 Å². The summed E-state index contributed by atoms with van der Waals surface area (Å²) in [5.74, 6) is -0.155. The number of nitrogen functional groups attached to an aromatic ring is 1. The smallest absolute Gasteiger partial charge is 0.416 e. The molecule has 0 unspecified atom stereocenters. The molecule has 1 atom stereocenters. The van der Waals surface area contributed by atoms with Crippen molar-refractivity contribution in [2.24, 2.45) is 0 Å². The van der Waals surface area contributed by atoms with Crippen LogP contribution in [-0.4, -0.2) is 38.8 Å². The van der Waals surface area contributed by atoms with Gasteiger partial charge in [0.15, 0.2) is 0 Å². The van der Waals surface area contributed by atoms with Gasteiger partial charge in [0.25, 0.3) is 0 Å². The molecule has 0 saturated heterocycles. The normalized spacial score (nSPS) is 15.3. The number of benzene rings is 2.